The third kappa shape index (κ3) is 3.27. The van der Waals surface area contributed by atoms with Crippen LogP contribution < -0.4 is 5.32 Å². The molecule has 0 spiro atoms. The van der Waals surface area contributed by atoms with Gasteiger partial charge in [0.2, 0.25) is 0 Å². The number of rotatable bonds is 4. The van der Waals surface area contributed by atoms with Gasteiger partial charge in [-0.05, 0) is 19.1 Å². The minimum absolute atomic E-state index is 0.0306. The second-order valence-corrected chi connectivity index (χ2v) is 4.22. The molecule has 7 nitrogen and oxygen atoms in total. The summed E-state index contributed by atoms with van der Waals surface area (Å²) in [7, 11) is 0. The average molecular weight is 301 g/mol. The van der Waals surface area contributed by atoms with Crippen molar-refractivity contribution in [1.82, 2.24) is 15.2 Å². The standard InChI is InChI=1S/C11H10F3N5O2/c1-6(10-15-5-16-18-10)17-8-3-2-7(11(12,13)14)4-9(8)19(20)21/h2-6,17H,1H3,(H,15,16,18). The molecule has 0 radical (unpaired) electrons. The van der Waals surface area contributed by atoms with Gasteiger partial charge in [-0.15, -0.1) is 0 Å². The van der Waals surface area contributed by atoms with E-state index in [1.807, 2.05) is 0 Å². The molecule has 0 aliphatic carbocycles. The summed E-state index contributed by atoms with van der Waals surface area (Å²) in [5.41, 5.74) is -1.76. The minimum atomic E-state index is -4.64. The number of nitrogens with zero attached hydrogens (tertiary/aromatic N) is 3. The molecule has 112 valence electrons. The predicted molar refractivity (Wildman–Crippen MR) is 66.5 cm³/mol. The molecule has 2 N–H and O–H groups in total. The van der Waals surface area contributed by atoms with Gasteiger partial charge in [0.05, 0.1) is 16.5 Å². The van der Waals surface area contributed by atoms with Crippen LogP contribution in [0.3, 0.4) is 0 Å². The van der Waals surface area contributed by atoms with E-state index in [4.69, 9.17) is 0 Å². The minimum Gasteiger partial charge on any atom is -0.370 e. The summed E-state index contributed by atoms with van der Waals surface area (Å²) in [6.07, 6.45) is -3.38. The van der Waals surface area contributed by atoms with E-state index in [0.29, 0.717) is 11.9 Å². The number of anilines is 1. The molecule has 0 amide bonds. The molecule has 2 aromatic rings. The fraction of sp³-hybridized carbons (Fsp3) is 0.273. The molecule has 1 atom stereocenters. The Morgan fingerprint density at radius 3 is 2.67 bits per heavy atom. The van der Waals surface area contributed by atoms with Gasteiger partial charge in [0.25, 0.3) is 5.69 Å². The SMILES string of the molecule is CC(Nc1ccc(C(F)(F)F)cc1[N+](=O)[O-])c1ncn[nH]1. The first kappa shape index (κ1) is 14.8. The van der Waals surface area contributed by atoms with Crippen molar-refractivity contribution in [3.8, 4) is 0 Å². The Morgan fingerprint density at radius 1 is 1.43 bits per heavy atom. The zero-order valence-corrected chi connectivity index (χ0v) is 10.7. The van der Waals surface area contributed by atoms with E-state index in [1.54, 1.807) is 6.92 Å². The summed E-state index contributed by atoms with van der Waals surface area (Å²) in [6, 6.07) is 1.81. The maximum absolute atomic E-state index is 12.6. The fourth-order valence-corrected chi connectivity index (χ4v) is 1.71. The summed E-state index contributed by atoms with van der Waals surface area (Å²) in [5, 5.41) is 19.9. The van der Waals surface area contributed by atoms with Crippen LogP contribution in [-0.2, 0) is 6.18 Å². The summed E-state index contributed by atoms with van der Waals surface area (Å²) < 4.78 is 37.7. The Balaban J connectivity index is 2.33. The van der Waals surface area contributed by atoms with Gasteiger partial charge in [-0.2, -0.15) is 18.3 Å². The van der Waals surface area contributed by atoms with Crippen molar-refractivity contribution in [2.75, 3.05) is 5.32 Å². The number of aromatic amines is 1. The number of hydrogen-bond acceptors (Lipinski definition) is 5. The number of nitro benzene ring substituents is 1. The van der Waals surface area contributed by atoms with Crippen LogP contribution in [0, 0.1) is 10.1 Å². The van der Waals surface area contributed by atoms with Crippen LogP contribution in [0.25, 0.3) is 0 Å². The van der Waals surface area contributed by atoms with Gasteiger partial charge >= 0.3 is 6.18 Å². The number of alkyl halides is 3. The van der Waals surface area contributed by atoms with Gasteiger partial charge in [-0.25, -0.2) is 4.98 Å². The van der Waals surface area contributed by atoms with Crippen LogP contribution in [0.2, 0.25) is 0 Å². The molecule has 10 heteroatoms. The second-order valence-electron chi connectivity index (χ2n) is 4.22. The topological polar surface area (TPSA) is 96.7 Å². The number of H-pyrrole nitrogens is 1. The zero-order valence-electron chi connectivity index (χ0n) is 10.7. The lowest BCUT2D eigenvalue weighted by Crippen LogP contribution is -2.11. The van der Waals surface area contributed by atoms with Crippen LogP contribution in [-0.4, -0.2) is 20.1 Å². The highest BCUT2D eigenvalue weighted by Crippen LogP contribution is 2.35. The van der Waals surface area contributed by atoms with Crippen LogP contribution in [0.5, 0.6) is 0 Å². The first-order valence-electron chi connectivity index (χ1n) is 5.76. The zero-order chi connectivity index (χ0) is 15.6. The Morgan fingerprint density at radius 2 is 2.14 bits per heavy atom. The molecular formula is C11H10F3N5O2. The van der Waals surface area contributed by atoms with Crippen molar-refractivity contribution in [2.45, 2.75) is 19.1 Å². The number of halogens is 3. The first-order valence-corrected chi connectivity index (χ1v) is 5.76. The van der Waals surface area contributed by atoms with E-state index in [9.17, 15) is 23.3 Å². The Kier molecular flexibility index (Phi) is 3.78. The number of aromatic nitrogens is 3. The molecular weight excluding hydrogens is 291 g/mol. The largest absolute Gasteiger partial charge is 0.416 e. The van der Waals surface area contributed by atoms with Crippen LogP contribution in [0.15, 0.2) is 24.5 Å². The molecule has 21 heavy (non-hydrogen) atoms. The van der Waals surface area contributed by atoms with Gasteiger partial charge in [-0.1, -0.05) is 0 Å². The van der Waals surface area contributed by atoms with E-state index in [2.05, 4.69) is 20.5 Å². The van der Waals surface area contributed by atoms with Crippen molar-refractivity contribution in [1.29, 1.82) is 0 Å². The molecule has 0 saturated carbocycles. The molecule has 1 aromatic carbocycles. The Bertz CT molecular complexity index is 642. The van der Waals surface area contributed by atoms with E-state index in [-0.39, 0.29) is 5.69 Å². The first-order chi connectivity index (χ1) is 9.79. The summed E-state index contributed by atoms with van der Waals surface area (Å²) in [6.45, 7) is 1.64. The Labute approximate surface area is 116 Å². The second kappa shape index (κ2) is 5.38. The summed E-state index contributed by atoms with van der Waals surface area (Å²) in [5.74, 6) is 0.407. The third-order valence-corrected chi connectivity index (χ3v) is 2.74. The van der Waals surface area contributed by atoms with Gasteiger partial charge in [0.1, 0.15) is 17.8 Å². The number of nitro groups is 1. The molecule has 1 aromatic heterocycles. The van der Waals surface area contributed by atoms with E-state index >= 15 is 0 Å². The molecule has 0 aliphatic rings. The Hall–Kier alpha value is -2.65. The van der Waals surface area contributed by atoms with E-state index < -0.39 is 28.4 Å². The molecule has 0 aliphatic heterocycles. The van der Waals surface area contributed by atoms with E-state index in [0.717, 1.165) is 12.1 Å². The van der Waals surface area contributed by atoms with Crippen molar-refractivity contribution in [3.05, 3.63) is 46.0 Å². The lowest BCUT2D eigenvalue weighted by atomic mass is 10.1. The molecule has 0 bridgehead atoms. The molecule has 2 rings (SSSR count). The fourth-order valence-electron chi connectivity index (χ4n) is 1.71. The van der Waals surface area contributed by atoms with Crippen LogP contribution >= 0.6 is 0 Å². The lowest BCUT2D eigenvalue weighted by Gasteiger charge is -2.14. The number of nitrogens with one attached hydrogen (secondary N) is 2. The van der Waals surface area contributed by atoms with E-state index in [1.165, 1.54) is 6.33 Å². The van der Waals surface area contributed by atoms with Crippen molar-refractivity contribution >= 4 is 11.4 Å². The van der Waals surface area contributed by atoms with Crippen LogP contribution in [0.4, 0.5) is 24.5 Å². The highest BCUT2D eigenvalue weighted by Gasteiger charge is 2.33. The normalized spacial score (nSPS) is 13.0. The summed E-state index contributed by atoms with van der Waals surface area (Å²) in [4.78, 5) is 13.9. The maximum atomic E-state index is 12.6. The molecule has 0 fully saturated rings. The maximum Gasteiger partial charge on any atom is 0.416 e. The van der Waals surface area contributed by atoms with Crippen molar-refractivity contribution < 1.29 is 18.1 Å². The van der Waals surface area contributed by atoms with Gasteiger partial charge < -0.3 is 5.32 Å². The predicted octanol–water partition coefficient (Wildman–Crippen LogP) is 2.90. The van der Waals surface area contributed by atoms with Gasteiger partial charge in [0, 0.05) is 6.07 Å². The molecule has 1 heterocycles. The number of benzene rings is 1. The quantitative estimate of drug-likeness (QED) is 0.668. The molecule has 1 unspecified atom stereocenters. The highest BCUT2D eigenvalue weighted by molar-refractivity contribution is 5.63. The average Bonchev–Trinajstić information content (AvgIpc) is 2.91. The van der Waals surface area contributed by atoms with Gasteiger partial charge in [0.15, 0.2) is 0 Å². The monoisotopic (exact) mass is 301 g/mol. The van der Waals surface area contributed by atoms with Gasteiger partial charge in [-0.3, -0.25) is 15.2 Å². The summed E-state index contributed by atoms with van der Waals surface area (Å²) >= 11 is 0. The highest BCUT2D eigenvalue weighted by atomic mass is 19.4. The third-order valence-electron chi connectivity index (χ3n) is 2.74. The number of hydrogen-bond donors (Lipinski definition) is 2. The lowest BCUT2D eigenvalue weighted by molar-refractivity contribution is -0.384. The van der Waals surface area contributed by atoms with Crippen molar-refractivity contribution in [2.24, 2.45) is 0 Å². The van der Waals surface area contributed by atoms with Crippen molar-refractivity contribution in [3.63, 3.8) is 0 Å². The smallest absolute Gasteiger partial charge is 0.370 e. The molecule has 0 saturated heterocycles. The van der Waals surface area contributed by atoms with Crippen LogP contribution in [0.1, 0.15) is 24.4 Å².